The van der Waals surface area contributed by atoms with Crippen LogP contribution in [0, 0.1) is 5.92 Å². The molecule has 24 heavy (non-hydrogen) atoms. The van der Waals surface area contributed by atoms with Gasteiger partial charge in [0.05, 0.1) is 19.1 Å². The molecular formula is C20H23NO3. The highest BCUT2D eigenvalue weighted by atomic mass is 16.5. The molecule has 4 heteroatoms. The lowest BCUT2D eigenvalue weighted by molar-refractivity contribution is -0.150. The fraction of sp³-hybridized carbons (Fsp3) is 0.450. The molecule has 4 nitrogen and oxygen atoms in total. The van der Waals surface area contributed by atoms with E-state index >= 15 is 0 Å². The van der Waals surface area contributed by atoms with Crippen LogP contribution in [0.2, 0.25) is 0 Å². The lowest BCUT2D eigenvalue weighted by atomic mass is 9.76. The molecule has 0 spiro atoms. The molecule has 0 amide bonds. The minimum atomic E-state index is -0.363. The molecule has 2 aromatic rings. The van der Waals surface area contributed by atoms with Gasteiger partial charge in [-0.25, -0.2) is 0 Å². The number of fused-ring (bicyclic) bond motifs is 3. The molecule has 2 heterocycles. The van der Waals surface area contributed by atoms with Gasteiger partial charge in [-0.05, 0) is 36.2 Å². The SMILES string of the molecule is COC(=O)[C@@H]1[C@H]2C[C@H](O)[C@H](C[C@H]1c1ccc3ccccc3c1)N2C. The lowest BCUT2D eigenvalue weighted by Gasteiger charge is -2.41. The Balaban J connectivity index is 1.77. The van der Waals surface area contributed by atoms with Gasteiger partial charge in [-0.3, -0.25) is 9.69 Å². The van der Waals surface area contributed by atoms with Gasteiger partial charge in [0.2, 0.25) is 0 Å². The van der Waals surface area contributed by atoms with Crippen LogP contribution in [0.1, 0.15) is 24.3 Å². The molecule has 5 atom stereocenters. The summed E-state index contributed by atoms with van der Waals surface area (Å²) in [5, 5.41) is 12.8. The van der Waals surface area contributed by atoms with Crippen LogP contribution >= 0.6 is 0 Å². The smallest absolute Gasteiger partial charge is 0.310 e. The zero-order valence-electron chi connectivity index (χ0n) is 14.1. The molecule has 2 saturated heterocycles. The van der Waals surface area contributed by atoms with Crippen molar-refractivity contribution in [3.8, 4) is 0 Å². The number of carbonyl (C=O) groups excluding carboxylic acids is 1. The second kappa shape index (κ2) is 5.87. The van der Waals surface area contributed by atoms with Crippen LogP contribution in [0.3, 0.4) is 0 Å². The van der Waals surface area contributed by atoms with E-state index in [1.54, 1.807) is 0 Å². The summed E-state index contributed by atoms with van der Waals surface area (Å²) < 4.78 is 5.12. The van der Waals surface area contributed by atoms with E-state index in [1.165, 1.54) is 23.4 Å². The van der Waals surface area contributed by atoms with Crippen molar-refractivity contribution in [2.24, 2.45) is 5.92 Å². The normalized spacial score (nSPS) is 32.9. The van der Waals surface area contributed by atoms with Gasteiger partial charge in [0, 0.05) is 18.0 Å². The number of rotatable bonds is 2. The molecule has 2 aromatic carbocycles. The summed E-state index contributed by atoms with van der Waals surface area (Å²) in [5.41, 5.74) is 1.17. The van der Waals surface area contributed by atoms with E-state index in [9.17, 15) is 9.90 Å². The Kier molecular flexibility index (Phi) is 3.82. The number of hydrogen-bond acceptors (Lipinski definition) is 4. The van der Waals surface area contributed by atoms with E-state index in [-0.39, 0.29) is 36.0 Å². The van der Waals surface area contributed by atoms with Crippen molar-refractivity contribution in [2.75, 3.05) is 14.2 Å². The van der Waals surface area contributed by atoms with Gasteiger partial charge in [0.15, 0.2) is 0 Å². The quantitative estimate of drug-likeness (QED) is 0.862. The Morgan fingerprint density at radius 2 is 1.88 bits per heavy atom. The maximum atomic E-state index is 12.5. The summed E-state index contributed by atoms with van der Waals surface area (Å²) in [6, 6.07) is 14.9. The minimum absolute atomic E-state index is 0.0441. The first-order valence-corrected chi connectivity index (χ1v) is 8.56. The molecule has 0 aliphatic carbocycles. The van der Waals surface area contributed by atoms with Crippen LogP contribution < -0.4 is 0 Å². The molecule has 2 aliphatic heterocycles. The average Bonchev–Trinajstić information content (AvgIpc) is 2.79. The van der Waals surface area contributed by atoms with Crippen molar-refractivity contribution >= 4 is 16.7 Å². The first kappa shape index (κ1) is 15.6. The van der Waals surface area contributed by atoms with Crippen molar-refractivity contribution in [1.82, 2.24) is 4.90 Å². The number of ether oxygens (including phenoxy) is 1. The molecule has 0 radical (unpaired) electrons. The molecule has 4 rings (SSSR count). The minimum Gasteiger partial charge on any atom is -0.469 e. The largest absolute Gasteiger partial charge is 0.469 e. The number of esters is 1. The number of aliphatic hydroxyl groups is 1. The molecule has 2 fully saturated rings. The zero-order chi connectivity index (χ0) is 16.8. The topological polar surface area (TPSA) is 49.8 Å². The van der Waals surface area contributed by atoms with Crippen LogP contribution in [0.4, 0.5) is 0 Å². The first-order valence-electron chi connectivity index (χ1n) is 8.56. The zero-order valence-corrected chi connectivity index (χ0v) is 14.1. The third kappa shape index (κ3) is 2.33. The van der Waals surface area contributed by atoms with Crippen LogP contribution in [-0.4, -0.2) is 48.3 Å². The second-order valence-corrected chi connectivity index (χ2v) is 7.10. The number of nitrogens with zero attached hydrogens (tertiary/aromatic N) is 1. The highest BCUT2D eigenvalue weighted by molar-refractivity contribution is 5.83. The molecule has 126 valence electrons. The van der Waals surface area contributed by atoms with Gasteiger partial charge in [0.1, 0.15) is 0 Å². The van der Waals surface area contributed by atoms with Crippen molar-refractivity contribution in [3.63, 3.8) is 0 Å². The molecule has 2 aliphatic rings. The predicted molar refractivity (Wildman–Crippen MR) is 92.8 cm³/mol. The summed E-state index contributed by atoms with van der Waals surface area (Å²) in [6.07, 6.45) is 1.06. The van der Waals surface area contributed by atoms with Crippen LogP contribution in [-0.2, 0) is 9.53 Å². The molecule has 0 unspecified atom stereocenters. The number of piperidine rings is 1. The van der Waals surface area contributed by atoms with Crippen molar-refractivity contribution in [1.29, 1.82) is 0 Å². The number of benzene rings is 2. The number of carbonyl (C=O) groups is 1. The van der Waals surface area contributed by atoms with Gasteiger partial charge in [-0.15, -0.1) is 0 Å². The number of aliphatic hydroxyl groups excluding tert-OH is 1. The van der Waals surface area contributed by atoms with E-state index < -0.39 is 0 Å². The Morgan fingerprint density at radius 1 is 1.12 bits per heavy atom. The average molecular weight is 325 g/mol. The van der Waals surface area contributed by atoms with Gasteiger partial charge >= 0.3 is 5.97 Å². The molecule has 0 saturated carbocycles. The maximum Gasteiger partial charge on any atom is 0.310 e. The monoisotopic (exact) mass is 325 g/mol. The molecule has 0 aromatic heterocycles. The standard InChI is InChI=1S/C20H23NO3/c1-21-16-10-15(19(20(23)24-2)17(21)11-18(16)22)14-8-7-12-5-3-4-6-13(12)9-14/h3-9,15-19,22H,10-11H2,1-2H3/t15-,16-,17+,18-,19-/m0/s1. The van der Waals surface area contributed by atoms with Crippen molar-refractivity contribution in [3.05, 3.63) is 48.0 Å². The van der Waals surface area contributed by atoms with Crippen LogP contribution in [0.15, 0.2) is 42.5 Å². The highest BCUT2D eigenvalue weighted by Crippen LogP contribution is 2.47. The van der Waals surface area contributed by atoms with E-state index in [0.29, 0.717) is 6.42 Å². The number of hydrogen-bond donors (Lipinski definition) is 1. The van der Waals surface area contributed by atoms with E-state index in [4.69, 9.17) is 4.74 Å². The van der Waals surface area contributed by atoms with Crippen molar-refractivity contribution < 1.29 is 14.6 Å². The van der Waals surface area contributed by atoms with Crippen LogP contribution in [0.5, 0.6) is 0 Å². The third-order valence-corrected chi connectivity index (χ3v) is 5.99. The van der Waals surface area contributed by atoms with Gasteiger partial charge < -0.3 is 9.84 Å². The van der Waals surface area contributed by atoms with Gasteiger partial charge in [0.25, 0.3) is 0 Å². The fourth-order valence-electron chi connectivity index (χ4n) is 4.73. The van der Waals surface area contributed by atoms with Gasteiger partial charge in [-0.1, -0.05) is 42.5 Å². The van der Waals surface area contributed by atoms with E-state index in [2.05, 4.69) is 35.2 Å². The third-order valence-electron chi connectivity index (χ3n) is 5.99. The predicted octanol–water partition coefficient (Wildman–Crippen LogP) is 2.55. The molecular weight excluding hydrogens is 302 g/mol. The van der Waals surface area contributed by atoms with E-state index in [1.807, 2.05) is 19.2 Å². The second-order valence-electron chi connectivity index (χ2n) is 7.10. The number of methoxy groups -OCH3 is 1. The fourth-order valence-corrected chi connectivity index (χ4v) is 4.73. The maximum absolute atomic E-state index is 12.5. The molecule has 2 bridgehead atoms. The van der Waals surface area contributed by atoms with Gasteiger partial charge in [-0.2, -0.15) is 0 Å². The van der Waals surface area contributed by atoms with E-state index in [0.717, 1.165) is 6.42 Å². The summed E-state index contributed by atoms with van der Waals surface area (Å²) in [4.78, 5) is 14.7. The van der Waals surface area contributed by atoms with Crippen molar-refractivity contribution in [2.45, 2.75) is 36.9 Å². The Morgan fingerprint density at radius 3 is 2.62 bits per heavy atom. The summed E-state index contributed by atoms with van der Waals surface area (Å²) in [5.74, 6) is -0.308. The summed E-state index contributed by atoms with van der Waals surface area (Å²) in [7, 11) is 3.47. The lowest BCUT2D eigenvalue weighted by Crippen LogP contribution is -2.49. The summed E-state index contributed by atoms with van der Waals surface area (Å²) >= 11 is 0. The first-order chi connectivity index (χ1) is 11.6. The highest BCUT2D eigenvalue weighted by Gasteiger charge is 2.53. The molecule has 1 N–H and O–H groups in total. The van der Waals surface area contributed by atoms with Crippen LogP contribution in [0.25, 0.3) is 10.8 Å². The Bertz CT molecular complexity index is 774. The Hall–Kier alpha value is -1.91. The number of likely N-dealkylation sites (N-methyl/N-ethyl adjacent to an activating group) is 1. The Labute approximate surface area is 142 Å². The summed E-state index contributed by atoms with van der Waals surface area (Å²) in [6.45, 7) is 0.